The second kappa shape index (κ2) is 8.81. The van der Waals surface area contributed by atoms with Crippen molar-refractivity contribution in [1.29, 1.82) is 0 Å². The van der Waals surface area contributed by atoms with Crippen LogP contribution in [0.15, 0.2) is 17.5 Å². The molecule has 20 heavy (non-hydrogen) atoms. The first-order valence-corrected chi connectivity index (χ1v) is 7.39. The van der Waals surface area contributed by atoms with Gasteiger partial charge in [-0.25, -0.2) is 4.98 Å². The van der Waals surface area contributed by atoms with Gasteiger partial charge in [-0.2, -0.15) is 0 Å². The zero-order chi connectivity index (χ0) is 13.1. The van der Waals surface area contributed by atoms with Gasteiger partial charge in [0, 0.05) is 18.0 Å². The number of nitrogens with zero attached hydrogens (tertiary/aromatic N) is 1. The van der Waals surface area contributed by atoms with Crippen LogP contribution in [-0.4, -0.2) is 23.5 Å². The number of hydrogen-bond acceptors (Lipinski definition) is 5. The molecule has 2 aromatic heterocycles. The first-order chi connectivity index (χ1) is 8.60. The molecule has 1 amide bonds. The predicted molar refractivity (Wildman–Crippen MR) is 90.9 cm³/mol. The van der Waals surface area contributed by atoms with Gasteiger partial charge in [0.2, 0.25) is 0 Å². The smallest absolute Gasteiger partial charge is 0.271 e. The molecule has 0 saturated heterocycles. The van der Waals surface area contributed by atoms with E-state index >= 15 is 0 Å². The lowest BCUT2D eigenvalue weighted by molar-refractivity contribution is 0.0937. The van der Waals surface area contributed by atoms with E-state index in [4.69, 9.17) is 17.3 Å². The third-order valence-corrected chi connectivity index (χ3v) is 4.49. The van der Waals surface area contributed by atoms with E-state index in [9.17, 15) is 4.79 Å². The van der Waals surface area contributed by atoms with Gasteiger partial charge in [-0.1, -0.05) is 11.6 Å². The van der Waals surface area contributed by atoms with Crippen LogP contribution in [0.1, 0.15) is 17.4 Å². The van der Waals surface area contributed by atoms with Crippen LogP contribution in [0.5, 0.6) is 0 Å². The molecule has 112 valence electrons. The van der Waals surface area contributed by atoms with Crippen molar-refractivity contribution in [3.63, 3.8) is 0 Å². The van der Waals surface area contributed by atoms with Crippen molar-refractivity contribution in [2.24, 2.45) is 5.73 Å². The molecule has 2 aromatic rings. The van der Waals surface area contributed by atoms with E-state index in [1.807, 2.05) is 19.1 Å². The summed E-state index contributed by atoms with van der Waals surface area (Å²) in [5, 5.41) is 5.31. The van der Waals surface area contributed by atoms with Crippen molar-refractivity contribution in [3.8, 4) is 9.88 Å². The Morgan fingerprint density at radius 3 is 2.75 bits per heavy atom. The van der Waals surface area contributed by atoms with Gasteiger partial charge < -0.3 is 11.1 Å². The van der Waals surface area contributed by atoms with Gasteiger partial charge in [0.25, 0.3) is 5.91 Å². The largest absolute Gasteiger partial charge is 0.347 e. The molecule has 9 heteroatoms. The number of aromatic nitrogens is 1. The van der Waals surface area contributed by atoms with E-state index in [1.54, 1.807) is 5.38 Å². The molecule has 0 aliphatic carbocycles. The maximum absolute atomic E-state index is 11.8. The normalized spacial score (nSPS) is 11.2. The Bertz CT molecular complexity index is 559. The molecule has 0 bridgehead atoms. The van der Waals surface area contributed by atoms with E-state index in [0.29, 0.717) is 16.6 Å². The lowest BCUT2D eigenvalue weighted by Gasteiger charge is -2.09. The van der Waals surface area contributed by atoms with Gasteiger partial charge in [-0.05, 0) is 19.1 Å². The highest BCUT2D eigenvalue weighted by Crippen LogP contribution is 2.32. The van der Waals surface area contributed by atoms with Crippen molar-refractivity contribution in [1.82, 2.24) is 10.3 Å². The van der Waals surface area contributed by atoms with E-state index in [-0.39, 0.29) is 36.8 Å². The molecule has 0 spiro atoms. The van der Waals surface area contributed by atoms with Crippen molar-refractivity contribution in [3.05, 3.63) is 27.5 Å². The Kier molecular flexibility index (Phi) is 8.65. The molecule has 0 unspecified atom stereocenters. The standard InChI is InChI=1S/C11H12ClN3OS2.2ClH/c1-6(4-13)14-10(16)7-5-17-11(15-7)8-2-3-9(12)18-8;;/h2-3,5-6H,4,13H2,1H3,(H,14,16);2*1H/t6-;;/m0../s1. The van der Waals surface area contributed by atoms with Gasteiger partial charge in [-0.3, -0.25) is 4.79 Å². The van der Waals surface area contributed by atoms with Gasteiger partial charge in [-0.15, -0.1) is 47.5 Å². The Morgan fingerprint density at radius 1 is 1.50 bits per heavy atom. The number of rotatable bonds is 4. The molecule has 0 saturated carbocycles. The summed E-state index contributed by atoms with van der Waals surface area (Å²) in [6.45, 7) is 2.26. The number of thiazole rings is 1. The zero-order valence-electron chi connectivity index (χ0n) is 10.5. The fraction of sp³-hybridized carbons (Fsp3) is 0.273. The van der Waals surface area contributed by atoms with Crippen LogP contribution in [-0.2, 0) is 0 Å². The molecule has 2 heterocycles. The first kappa shape index (κ1) is 19.6. The SMILES string of the molecule is C[C@@H](CN)NC(=O)c1csc(-c2ccc(Cl)s2)n1.Cl.Cl. The summed E-state index contributed by atoms with van der Waals surface area (Å²) >= 11 is 8.74. The van der Waals surface area contributed by atoms with Crippen LogP contribution in [0.2, 0.25) is 4.34 Å². The minimum atomic E-state index is -0.196. The molecule has 0 aromatic carbocycles. The van der Waals surface area contributed by atoms with Crippen molar-refractivity contribution in [2.75, 3.05) is 6.54 Å². The molecule has 0 aliphatic rings. The lowest BCUT2D eigenvalue weighted by Crippen LogP contribution is -2.37. The summed E-state index contributed by atoms with van der Waals surface area (Å²) in [6, 6.07) is 3.66. The van der Waals surface area contributed by atoms with E-state index in [1.165, 1.54) is 22.7 Å². The van der Waals surface area contributed by atoms with E-state index in [0.717, 1.165) is 9.88 Å². The average Bonchev–Trinajstić information content (AvgIpc) is 2.96. The Hall–Kier alpha value is -0.370. The number of carbonyl (C=O) groups is 1. The monoisotopic (exact) mass is 373 g/mol. The van der Waals surface area contributed by atoms with Crippen molar-refractivity contribution >= 4 is 65.0 Å². The van der Waals surface area contributed by atoms with Crippen LogP contribution < -0.4 is 11.1 Å². The van der Waals surface area contributed by atoms with Crippen LogP contribution in [0.4, 0.5) is 0 Å². The number of hydrogen-bond donors (Lipinski definition) is 2. The van der Waals surface area contributed by atoms with Crippen LogP contribution in [0.25, 0.3) is 9.88 Å². The first-order valence-electron chi connectivity index (χ1n) is 5.32. The number of carbonyl (C=O) groups excluding carboxylic acids is 1. The zero-order valence-corrected chi connectivity index (χ0v) is 14.5. The maximum atomic E-state index is 11.8. The summed E-state index contributed by atoms with van der Waals surface area (Å²) in [5.41, 5.74) is 5.87. The third-order valence-electron chi connectivity index (χ3n) is 2.25. The van der Waals surface area contributed by atoms with Gasteiger partial charge in [0.15, 0.2) is 0 Å². The van der Waals surface area contributed by atoms with Crippen molar-refractivity contribution in [2.45, 2.75) is 13.0 Å². The van der Waals surface area contributed by atoms with E-state index in [2.05, 4.69) is 10.3 Å². The number of halogens is 3. The summed E-state index contributed by atoms with van der Waals surface area (Å²) in [4.78, 5) is 17.1. The lowest BCUT2D eigenvalue weighted by atomic mass is 10.3. The van der Waals surface area contributed by atoms with Crippen molar-refractivity contribution < 1.29 is 4.79 Å². The molecular weight excluding hydrogens is 361 g/mol. The minimum absolute atomic E-state index is 0. The highest BCUT2D eigenvalue weighted by atomic mass is 35.5. The molecule has 0 radical (unpaired) electrons. The fourth-order valence-electron chi connectivity index (χ4n) is 1.28. The molecule has 4 nitrogen and oxygen atoms in total. The Labute approximate surface area is 142 Å². The fourth-order valence-corrected chi connectivity index (χ4v) is 3.19. The van der Waals surface area contributed by atoms with Gasteiger partial charge >= 0.3 is 0 Å². The molecule has 3 N–H and O–H groups in total. The molecule has 0 fully saturated rings. The van der Waals surface area contributed by atoms with Crippen LogP contribution >= 0.6 is 59.1 Å². The Morgan fingerprint density at radius 2 is 2.20 bits per heavy atom. The summed E-state index contributed by atoms with van der Waals surface area (Å²) in [7, 11) is 0. The van der Waals surface area contributed by atoms with Crippen LogP contribution in [0, 0.1) is 0 Å². The molecule has 0 aliphatic heterocycles. The predicted octanol–water partition coefficient (Wildman–Crippen LogP) is 3.45. The highest BCUT2D eigenvalue weighted by Gasteiger charge is 2.14. The highest BCUT2D eigenvalue weighted by molar-refractivity contribution is 7.23. The molecule has 1 atom stereocenters. The number of amides is 1. The second-order valence-corrected chi connectivity index (χ2v) is 6.33. The average molecular weight is 375 g/mol. The van der Waals surface area contributed by atoms with Gasteiger partial charge in [0.05, 0.1) is 9.21 Å². The Balaban J connectivity index is 0.00000180. The van der Waals surface area contributed by atoms with Crippen LogP contribution in [0.3, 0.4) is 0 Å². The minimum Gasteiger partial charge on any atom is -0.347 e. The molecule has 2 rings (SSSR count). The quantitative estimate of drug-likeness (QED) is 0.861. The summed E-state index contributed by atoms with van der Waals surface area (Å²) < 4.78 is 0.711. The van der Waals surface area contributed by atoms with Gasteiger partial charge in [0.1, 0.15) is 10.7 Å². The summed E-state index contributed by atoms with van der Waals surface area (Å²) in [5.74, 6) is -0.196. The maximum Gasteiger partial charge on any atom is 0.271 e. The number of thiophene rings is 1. The summed E-state index contributed by atoms with van der Waals surface area (Å²) in [6.07, 6.45) is 0. The second-order valence-electron chi connectivity index (χ2n) is 3.75. The topological polar surface area (TPSA) is 68.0 Å². The third kappa shape index (κ3) is 4.87. The number of nitrogens with one attached hydrogen (secondary N) is 1. The van der Waals surface area contributed by atoms with E-state index < -0.39 is 0 Å². The molecular formula is C11H14Cl3N3OS2. The number of nitrogens with two attached hydrogens (primary N) is 1.